The summed E-state index contributed by atoms with van der Waals surface area (Å²) in [6, 6.07) is 9.31. The van der Waals surface area contributed by atoms with Crippen LogP contribution in [-0.4, -0.2) is 12.0 Å². The van der Waals surface area contributed by atoms with Gasteiger partial charge in [-0.3, -0.25) is 10.1 Å². The van der Waals surface area contributed by atoms with Gasteiger partial charge in [-0.25, -0.2) is 0 Å². The Kier molecular flexibility index (Phi) is 4.60. The minimum absolute atomic E-state index is 0.0740. The average Bonchev–Trinajstić information content (AvgIpc) is 2.47. The summed E-state index contributed by atoms with van der Waals surface area (Å²) in [6.07, 6.45) is -4.52. The number of non-ortho nitro benzene ring substituents is 1. The minimum Gasteiger partial charge on any atom is -0.496 e. The standard InChI is InChI=1S/C14H10F3NO3S/c1-21-13-7-6-11(8-12(13)14(15,16)17)22-10-4-2-9(3-5-10)18(19)20/h2-8H,1H3. The van der Waals surface area contributed by atoms with Crippen molar-refractivity contribution in [3.05, 3.63) is 58.1 Å². The van der Waals surface area contributed by atoms with Gasteiger partial charge in [0.15, 0.2) is 0 Å². The van der Waals surface area contributed by atoms with Crippen molar-refractivity contribution in [2.75, 3.05) is 7.11 Å². The predicted molar refractivity (Wildman–Crippen MR) is 75.2 cm³/mol. The molecule has 0 N–H and O–H groups in total. The average molecular weight is 329 g/mol. The van der Waals surface area contributed by atoms with E-state index < -0.39 is 16.7 Å². The first kappa shape index (κ1) is 16.2. The molecule has 0 atom stereocenters. The number of methoxy groups -OCH3 is 1. The largest absolute Gasteiger partial charge is 0.496 e. The molecule has 0 aliphatic carbocycles. The number of ether oxygens (including phenoxy) is 1. The number of nitro groups is 1. The van der Waals surface area contributed by atoms with E-state index in [0.29, 0.717) is 9.79 Å². The number of benzene rings is 2. The normalized spacial score (nSPS) is 11.3. The Balaban J connectivity index is 2.28. The molecule has 8 heteroatoms. The second kappa shape index (κ2) is 6.27. The highest BCUT2D eigenvalue weighted by Gasteiger charge is 2.34. The summed E-state index contributed by atoms with van der Waals surface area (Å²) < 4.78 is 43.5. The molecular weight excluding hydrogens is 319 g/mol. The summed E-state index contributed by atoms with van der Waals surface area (Å²) in [5, 5.41) is 10.6. The highest BCUT2D eigenvalue weighted by Crippen LogP contribution is 2.39. The Morgan fingerprint density at radius 3 is 2.18 bits per heavy atom. The van der Waals surface area contributed by atoms with Gasteiger partial charge in [0.05, 0.1) is 17.6 Å². The van der Waals surface area contributed by atoms with Crippen LogP contribution < -0.4 is 4.74 Å². The van der Waals surface area contributed by atoms with Gasteiger partial charge in [-0.1, -0.05) is 11.8 Å². The maximum Gasteiger partial charge on any atom is 0.420 e. The van der Waals surface area contributed by atoms with E-state index in [2.05, 4.69) is 0 Å². The number of hydrogen-bond acceptors (Lipinski definition) is 4. The number of alkyl halides is 3. The molecular formula is C14H10F3NO3S. The SMILES string of the molecule is COc1ccc(Sc2ccc([N+](=O)[O-])cc2)cc1C(F)(F)F. The fraction of sp³-hybridized carbons (Fsp3) is 0.143. The van der Waals surface area contributed by atoms with Crippen LogP contribution in [0.2, 0.25) is 0 Å². The van der Waals surface area contributed by atoms with Crippen LogP contribution in [0, 0.1) is 10.1 Å². The van der Waals surface area contributed by atoms with Crippen LogP contribution >= 0.6 is 11.8 Å². The monoisotopic (exact) mass is 329 g/mol. The van der Waals surface area contributed by atoms with Crippen molar-refractivity contribution >= 4 is 17.4 Å². The van der Waals surface area contributed by atoms with E-state index in [4.69, 9.17) is 4.74 Å². The van der Waals surface area contributed by atoms with E-state index in [1.54, 1.807) is 0 Å². The third kappa shape index (κ3) is 3.70. The Morgan fingerprint density at radius 1 is 1.09 bits per heavy atom. The van der Waals surface area contributed by atoms with E-state index >= 15 is 0 Å². The smallest absolute Gasteiger partial charge is 0.420 e. The number of halogens is 3. The third-order valence-electron chi connectivity index (χ3n) is 2.76. The molecule has 116 valence electrons. The predicted octanol–water partition coefficient (Wildman–Crippen LogP) is 4.77. The molecule has 0 amide bonds. The lowest BCUT2D eigenvalue weighted by molar-refractivity contribution is -0.384. The van der Waals surface area contributed by atoms with Crippen molar-refractivity contribution in [2.45, 2.75) is 16.0 Å². The lowest BCUT2D eigenvalue weighted by atomic mass is 10.2. The molecule has 0 aliphatic heterocycles. The van der Waals surface area contributed by atoms with Gasteiger partial charge in [-0.15, -0.1) is 0 Å². The van der Waals surface area contributed by atoms with E-state index in [-0.39, 0.29) is 11.4 Å². The highest BCUT2D eigenvalue weighted by atomic mass is 32.2. The third-order valence-corrected chi connectivity index (χ3v) is 3.76. The van der Waals surface area contributed by atoms with Crippen molar-refractivity contribution in [2.24, 2.45) is 0 Å². The first-order valence-electron chi connectivity index (χ1n) is 5.99. The zero-order chi connectivity index (χ0) is 16.3. The van der Waals surface area contributed by atoms with Crippen molar-refractivity contribution < 1.29 is 22.8 Å². The zero-order valence-electron chi connectivity index (χ0n) is 11.3. The van der Waals surface area contributed by atoms with Crippen molar-refractivity contribution in [3.63, 3.8) is 0 Å². The van der Waals surface area contributed by atoms with Gasteiger partial charge >= 0.3 is 6.18 Å². The van der Waals surface area contributed by atoms with E-state index in [1.165, 1.54) is 43.5 Å². The summed E-state index contributed by atoms with van der Waals surface area (Å²) in [5.41, 5.74) is -0.933. The summed E-state index contributed by atoms with van der Waals surface area (Å²) in [4.78, 5) is 11.0. The lowest BCUT2D eigenvalue weighted by Gasteiger charge is -2.13. The molecule has 0 spiro atoms. The first-order chi connectivity index (χ1) is 10.3. The minimum atomic E-state index is -4.52. The van der Waals surface area contributed by atoms with Crippen LogP contribution in [0.3, 0.4) is 0 Å². The van der Waals surface area contributed by atoms with Crippen LogP contribution in [0.4, 0.5) is 18.9 Å². The molecule has 2 rings (SSSR count). The molecule has 0 saturated heterocycles. The van der Waals surface area contributed by atoms with Gasteiger partial charge in [0.1, 0.15) is 5.75 Å². The van der Waals surface area contributed by atoms with Gasteiger partial charge in [0.2, 0.25) is 0 Å². The molecule has 0 heterocycles. The Hall–Kier alpha value is -2.22. The molecule has 2 aromatic carbocycles. The Morgan fingerprint density at radius 2 is 1.68 bits per heavy atom. The second-order valence-electron chi connectivity index (χ2n) is 4.21. The molecule has 0 fully saturated rings. The summed E-state index contributed by atoms with van der Waals surface area (Å²) in [6.45, 7) is 0. The van der Waals surface area contributed by atoms with Gasteiger partial charge in [-0.2, -0.15) is 13.2 Å². The van der Waals surface area contributed by atoms with Crippen LogP contribution in [0.15, 0.2) is 52.3 Å². The van der Waals surface area contributed by atoms with Gasteiger partial charge in [-0.05, 0) is 30.3 Å². The first-order valence-corrected chi connectivity index (χ1v) is 6.80. The highest BCUT2D eigenvalue weighted by molar-refractivity contribution is 7.99. The maximum absolute atomic E-state index is 12.9. The second-order valence-corrected chi connectivity index (χ2v) is 5.36. The molecule has 0 saturated carbocycles. The molecule has 0 aromatic heterocycles. The Labute approximate surface area is 128 Å². The lowest BCUT2D eigenvalue weighted by Crippen LogP contribution is -2.07. The molecule has 0 unspecified atom stereocenters. The molecule has 0 radical (unpaired) electrons. The maximum atomic E-state index is 12.9. The molecule has 4 nitrogen and oxygen atoms in total. The van der Waals surface area contributed by atoms with Crippen molar-refractivity contribution in [1.82, 2.24) is 0 Å². The zero-order valence-corrected chi connectivity index (χ0v) is 12.1. The fourth-order valence-electron chi connectivity index (χ4n) is 1.74. The molecule has 2 aromatic rings. The number of hydrogen-bond donors (Lipinski definition) is 0. The van der Waals surface area contributed by atoms with Crippen LogP contribution in [0.25, 0.3) is 0 Å². The van der Waals surface area contributed by atoms with Gasteiger partial charge < -0.3 is 4.74 Å². The number of nitrogens with zero attached hydrogens (tertiary/aromatic N) is 1. The van der Waals surface area contributed by atoms with E-state index in [9.17, 15) is 23.3 Å². The summed E-state index contributed by atoms with van der Waals surface area (Å²) >= 11 is 1.08. The molecule has 0 bridgehead atoms. The van der Waals surface area contributed by atoms with Gasteiger partial charge in [0, 0.05) is 21.9 Å². The fourth-order valence-corrected chi connectivity index (χ4v) is 2.60. The van der Waals surface area contributed by atoms with E-state index in [1.807, 2.05) is 0 Å². The van der Waals surface area contributed by atoms with Gasteiger partial charge in [0.25, 0.3) is 5.69 Å². The summed E-state index contributed by atoms with van der Waals surface area (Å²) in [5.74, 6) is -0.249. The van der Waals surface area contributed by atoms with Crippen LogP contribution in [0.1, 0.15) is 5.56 Å². The molecule has 22 heavy (non-hydrogen) atoms. The van der Waals surface area contributed by atoms with Crippen molar-refractivity contribution in [3.8, 4) is 5.75 Å². The van der Waals surface area contributed by atoms with Crippen LogP contribution in [0.5, 0.6) is 5.75 Å². The number of nitro benzene ring substituents is 1. The summed E-state index contributed by atoms with van der Waals surface area (Å²) in [7, 11) is 1.17. The quantitative estimate of drug-likeness (QED) is 0.599. The van der Waals surface area contributed by atoms with E-state index in [0.717, 1.165) is 17.8 Å². The molecule has 0 aliphatic rings. The number of rotatable bonds is 4. The van der Waals surface area contributed by atoms with Crippen molar-refractivity contribution in [1.29, 1.82) is 0 Å². The van der Waals surface area contributed by atoms with Crippen LogP contribution in [-0.2, 0) is 6.18 Å². The Bertz CT molecular complexity index is 687. The topological polar surface area (TPSA) is 52.4 Å².